The normalized spacial score (nSPS) is 11.4. The molecule has 7 nitrogen and oxygen atoms in total. The second kappa shape index (κ2) is 9.78. The molecule has 3 N–H and O–H groups in total. The van der Waals surface area contributed by atoms with Crippen molar-refractivity contribution < 1.29 is 18.8 Å². The molecule has 31 heavy (non-hydrogen) atoms. The molecule has 0 aliphatic rings. The number of benzene rings is 3. The highest BCUT2D eigenvalue weighted by Gasteiger charge is 2.11. The van der Waals surface area contributed by atoms with Crippen LogP contribution in [0.25, 0.3) is 0 Å². The molecule has 0 aliphatic carbocycles. The van der Waals surface area contributed by atoms with E-state index in [2.05, 4.69) is 30.0 Å². The molecule has 1 amide bonds. The number of hydrogen-bond donors (Lipinski definition) is 3. The summed E-state index contributed by atoms with van der Waals surface area (Å²) < 4.78 is 21.3. The number of nitrogens with zero attached hydrogens (tertiary/aromatic N) is 1. The van der Waals surface area contributed by atoms with Crippen molar-refractivity contribution in [2.45, 2.75) is 24.7 Å². The third-order valence-corrected chi connectivity index (χ3v) is 5.52. The predicted octanol–water partition coefficient (Wildman–Crippen LogP) is 5.70. The van der Waals surface area contributed by atoms with Crippen LogP contribution in [0, 0.1) is 11.3 Å². The van der Waals surface area contributed by atoms with Crippen LogP contribution in [0.2, 0.25) is 0 Å². The standard InChI is InChI=1S/C23H21N3O4S/c1-15(2)16-3-10-21(11-4-16)31(29)26-22-12-9-20(13-17(22)14-24)30-19-7-5-18(6-8-19)25-23(27)28/h3-13,15,25-26H,1-2H3,(H,27,28). The van der Waals surface area contributed by atoms with E-state index >= 15 is 0 Å². The monoisotopic (exact) mass is 435 g/mol. The zero-order chi connectivity index (χ0) is 22.4. The number of ether oxygens (including phenoxy) is 1. The topological polar surface area (TPSA) is 111 Å². The molecule has 8 heteroatoms. The van der Waals surface area contributed by atoms with E-state index in [0.717, 1.165) is 5.56 Å². The lowest BCUT2D eigenvalue weighted by molar-refractivity contribution is 0.209. The molecule has 158 valence electrons. The second-order valence-electron chi connectivity index (χ2n) is 6.97. The van der Waals surface area contributed by atoms with E-state index in [9.17, 15) is 14.3 Å². The summed E-state index contributed by atoms with van der Waals surface area (Å²) in [5.41, 5.74) is 2.30. The molecule has 3 aromatic carbocycles. The fraction of sp³-hybridized carbons (Fsp3) is 0.130. The van der Waals surface area contributed by atoms with Crippen molar-refractivity contribution in [2.75, 3.05) is 10.0 Å². The van der Waals surface area contributed by atoms with Gasteiger partial charge in [0.1, 0.15) is 28.6 Å². The molecule has 1 unspecified atom stereocenters. The van der Waals surface area contributed by atoms with Crippen LogP contribution >= 0.6 is 0 Å². The van der Waals surface area contributed by atoms with Gasteiger partial charge in [0.15, 0.2) is 0 Å². The minimum absolute atomic E-state index is 0.286. The van der Waals surface area contributed by atoms with E-state index in [4.69, 9.17) is 9.84 Å². The Balaban J connectivity index is 1.71. The Morgan fingerprint density at radius 2 is 1.68 bits per heavy atom. The maximum absolute atomic E-state index is 12.7. The third kappa shape index (κ3) is 5.84. The van der Waals surface area contributed by atoms with Crippen LogP contribution in [0.15, 0.2) is 71.6 Å². The van der Waals surface area contributed by atoms with Crippen molar-refractivity contribution in [1.82, 2.24) is 0 Å². The molecule has 1 atom stereocenters. The first kappa shape index (κ1) is 21.9. The number of amides is 1. The average Bonchev–Trinajstić information content (AvgIpc) is 2.75. The summed E-state index contributed by atoms with van der Waals surface area (Å²) >= 11 is 0. The van der Waals surface area contributed by atoms with Crippen molar-refractivity contribution in [1.29, 1.82) is 5.26 Å². The van der Waals surface area contributed by atoms with Gasteiger partial charge in [0, 0.05) is 11.8 Å². The highest BCUT2D eigenvalue weighted by atomic mass is 32.2. The highest BCUT2D eigenvalue weighted by Crippen LogP contribution is 2.28. The van der Waals surface area contributed by atoms with E-state index in [0.29, 0.717) is 33.7 Å². The minimum atomic E-state index is -1.52. The maximum Gasteiger partial charge on any atom is 0.409 e. The first-order valence-corrected chi connectivity index (χ1v) is 10.6. The molecular weight excluding hydrogens is 414 g/mol. The smallest absolute Gasteiger partial charge is 0.409 e. The quantitative estimate of drug-likeness (QED) is 0.441. The third-order valence-electron chi connectivity index (χ3n) is 4.42. The van der Waals surface area contributed by atoms with Gasteiger partial charge in [0.2, 0.25) is 0 Å². The van der Waals surface area contributed by atoms with Crippen molar-refractivity contribution >= 4 is 28.5 Å². The van der Waals surface area contributed by atoms with Gasteiger partial charge in [0.05, 0.1) is 16.1 Å². The molecule has 0 heterocycles. The molecule has 3 rings (SSSR count). The molecule has 0 aliphatic heterocycles. The number of carboxylic acid groups (broad SMARTS) is 1. The van der Waals surface area contributed by atoms with Crippen molar-refractivity contribution in [2.24, 2.45) is 0 Å². The summed E-state index contributed by atoms with van der Waals surface area (Å²) in [7, 11) is -1.52. The van der Waals surface area contributed by atoms with Crippen molar-refractivity contribution in [3.05, 3.63) is 77.9 Å². The average molecular weight is 436 g/mol. The van der Waals surface area contributed by atoms with Crippen LogP contribution in [0.5, 0.6) is 11.5 Å². The van der Waals surface area contributed by atoms with Crippen molar-refractivity contribution in [3.8, 4) is 17.6 Å². The summed E-state index contributed by atoms with van der Waals surface area (Å²) in [5.74, 6) is 1.29. The summed E-state index contributed by atoms with van der Waals surface area (Å²) in [6, 6.07) is 20.8. The van der Waals surface area contributed by atoms with E-state index < -0.39 is 17.1 Å². The number of rotatable bonds is 7. The number of nitriles is 1. The fourth-order valence-corrected chi connectivity index (χ4v) is 3.65. The van der Waals surface area contributed by atoms with Crippen molar-refractivity contribution in [3.63, 3.8) is 0 Å². The zero-order valence-corrected chi connectivity index (χ0v) is 17.8. The summed E-state index contributed by atoms with van der Waals surface area (Å²) in [6.45, 7) is 4.18. The molecular formula is C23H21N3O4S. The largest absolute Gasteiger partial charge is 0.465 e. The van der Waals surface area contributed by atoms with Crippen LogP contribution in [0.1, 0.15) is 30.9 Å². The minimum Gasteiger partial charge on any atom is -0.465 e. The fourth-order valence-electron chi connectivity index (χ4n) is 2.77. The Kier molecular flexibility index (Phi) is 6.90. The summed E-state index contributed by atoms with van der Waals surface area (Å²) in [5, 5.41) is 20.5. The zero-order valence-electron chi connectivity index (χ0n) is 17.0. The van der Waals surface area contributed by atoms with Crippen LogP contribution in [0.3, 0.4) is 0 Å². The molecule has 0 saturated carbocycles. The second-order valence-corrected chi connectivity index (χ2v) is 8.18. The van der Waals surface area contributed by atoms with Gasteiger partial charge in [-0.1, -0.05) is 26.0 Å². The van der Waals surface area contributed by atoms with E-state index in [-0.39, 0.29) is 5.56 Å². The number of hydrogen-bond acceptors (Lipinski definition) is 4. The predicted molar refractivity (Wildman–Crippen MR) is 120 cm³/mol. The van der Waals surface area contributed by atoms with Gasteiger partial charge >= 0.3 is 6.09 Å². The molecule has 0 bridgehead atoms. The van der Waals surface area contributed by atoms with Gasteiger partial charge < -0.3 is 9.84 Å². The number of anilines is 2. The molecule has 0 saturated heterocycles. The summed E-state index contributed by atoms with van der Waals surface area (Å²) in [6.07, 6.45) is -1.15. The molecule has 0 spiro atoms. The van der Waals surface area contributed by atoms with Crippen LogP contribution in [0.4, 0.5) is 16.2 Å². The lowest BCUT2D eigenvalue weighted by Gasteiger charge is -2.12. The Morgan fingerprint density at radius 1 is 1.03 bits per heavy atom. The lowest BCUT2D eigenvalue weighted by atomic mass is 10.0. The Labute approximate surface area is 182 Å². The van der Waals surface area contributed by atoms with E-state index in [1.807, 2.05) is 24.3 Å². The first-order valence-electron chi connectivity index (χ1n) is 9.46. The molecule has 0 fully saturated rings. The molecule has 0 aromatic heterocycles. The highest BCUT2D eigenvalue weighted by molar-refractivity contribution is 7.86. The Hall–Kier alpha value is -3.83. The summed E-state index contributed by atoms with van der Waals surface area (Å²) in [4.78, 5) is 11.3. The SMILES string of the molecule is CC(C)c1ccc(S(=O)Nc2ccc(Oc3ccc(NC(=O)O)cc3)cc2C#N)cc1. The van der Waals surface area contributed by atoms with Gasteiger partial charge in [-0.3, -0.25) is 10.0 Å². The number of carbonyl (C=O) groups is 1. The number of nitrogens with one attached hydrogen (secondary N) is 2. The maximum atomic E-state index is 12.7. The van der Waals surface area contributed by atoms with Gasteiger partial charge in [-0.2, -0.15) is 5.26 Å². The van der Waals surface area contributed by atoms with E-state index in [1.54, 1.807) is 42.5 Å². The Bertz CT molecular complexity index is 1140. The first-order chi connectivity index (χ1) is 14.9. The lowest BCUT2D eigenvalue weighted by Crippen LogP contribution is -2.07. The van der Waals surface area contributed by atoms with Crippen LogP contribution in [-0.4, -0.2) is 15.4 Å². The van der Waals surface area contributed by atoms with Crippen LogP contribution < -0.4 is 14.8 Å². The Morgan fingerprint density at radius 3 is 2.26 bits per heavy atom. The van der Waals surface area contributed by atoms with Gasteiger partial charge in [-0.15, -0.1) is 0 Å². The molecule has 3 aromatic rings. The van der Waals surface area contributed by atoms with Gasteiger partial charge in [-0.25, -0.2) is 9.00 Å². The van der Waals surface area contributed by atoms with E-state index in [1.165, 1.54) is 0 Å². The molecule has 0 radical (unpaired) electrons. The van der Waals surface area contributed by atoms with Gasteiger partial charge in [0.25, 0.3) is 0 Å². The van der Waals surface area contributed by atoms with Crippen LogP contribution in [-0.2, 0) is 11.0 Å². The van der Waals surface area contributed by atoms with Gasteiger partial charge in [-0.05, 0) is 60.0 Å².